The summed E-state index contributed by atoms with van der Waals surface area (Å²) in [6, 6.07) is 0. The second-order valence-electron chi connectivity index (χ2n) is 7.37. The number of carbonyl (C=O) groups is 1. The first-order valence-electron chi connectivity index (χ1n) is 9.77. The molecule has 0 unspecified atom stereocenters. The normalized spacial score (nSPS) is 15.6. The zero-order valence-electron chi connectivity index (χ0n) is 17.1. The maximum absolute atomic E-state index is 11.6. The van der Waals surface area contributed by atoms with Gasteiger partial charge in [-0.05, 0) is 31.6 Å². The van der Waals surface area contributed by atoms with E-state index in [1.807, 2.05) is 12.4 Å². The summed E-state index contributed by atoms with van der Waals surface area (Å²) < 4.78 is 2.19. The van der Waals surface area contributed by atoms with Crippen molar-refractivity contribution in [2.24, 2.45) is 16.8 Å². The molecule has 2 rings (SSSR count). The van der Waals surface area contributed by atoms with Gasteiger partial charge in [-0.25, -0.2) is 9.98 Å². The van der Waals surface area contributed by atoms with E-state index in [0.717, 1.165) is 50.8 Å². The van der Waals surface area contributed by atoms with Crippen molar-refractivity contribution in [1.29, 1.82) is 0 Å². The average molecular weight is 490 g/mol. The first-order valence-corrected chi connectivity index (χ1v) is 9.77. The van der Waals surface area contributed by atoms with Crippen molar-refractivity contribution >= 4 is 35.8 Å². The molecule has 1 aromatic rings. The molecule has 0 aliphatic carbocycles. The summed E-state index contributed by atoms with van der Waals surface area (Å²) in [7, 11) is 1.70. The number of nitrogens with one attached hydrogen (secondary N) is 2. The number of rotatable bonds is 7. The number of amides is 1. The summed E-state index contributed by atoms with van der Waals surface area (Å²) in [6.45, 7) is 10.8. The number of guanidine groups is 1. The van der Waals surface area contributed by atoms with Crippen LogP contribution in [0.4, 0.5) is 0 Å². The number of aromatic nitrogens is 2. The second-order valence-corrected chi connectivity index (χ2v) is 7.37. The van der Waals surface area contributed by atoms with E-state index in [1.165, 1.54) is 0 Å². The summed E-state index contributed by atoms with van der Waals surface area (Å²) in [6.07, 6.45) is 6.57. The number of halogens is 1. The van der Waals surface area contributed by atoms with Gasteiger partial charge < -0.3 is 20.1 Å². The number of likely N-dealkylation sites (tertiary alicyclic amines) is 1. The molecular formula is C19H35IN6O. The largest absolute Gasteiger partial charge is 0.359 e. The van der Waals surface area contributed by atoms with E-state index in [1.54, 1.807) is 7.05 Å². The van der Waals surface area contributed by atoms with Gasteiger partial charge in [0.05, 0.1) is 0 Å². The van der Waals surface area contributed by atoms with Crippen molar-refractivity contribution < 1.29 is 4.79 Å². The zero-order valence-corrected chi connectivity index (χ0v) is 19.4. The van der Waals surface area contributed by atoms with Gasteiger partial charge in [-0.3, -0.25) is 4.79 Å². The first-order chi connectivity index (χ1) is 12.5. The Hall–Kier alpha value is -1.32. The fourth-order valence-corrected chi connectivity index (χ4v) is 3.34. The van der Waals surface area contributed by atoms with Crippen molar-refractivity contribution in [2.75, 3.05) is 26.7 Å². The van der Waals surface area contributed by atoms with Crippen LogP contribution in [0.1, 0.15) is 45.9 Å². The van der Waals surface area contributed by atoms with Crippen molar-refractivity contribution in [3.8, 4) is 0 Å². The minimum atomic E-state index is 0. The molecule has 0 radical (unpaired) electrons. The summed E-state index contributed by atoms with van der Waals surface area (Å²) in [5.41, 5.74) is 0. The smallest absolute Gasteiger partial charge is 0.220 e. The molecule has 0 saturated carbocycles. The predicted molar refractivity (Wildman–Crippen MR) is 120 cm³/mol. The molecule has 1 amide bonds. The van der Waals surface area contributed by atoms with E-state index in [9.17, 15) is 4.79 Å². The van der Waals surface area contributed by atoms with Gasteiger partial charge in [-0.1, -0.05) is 13.8 Å². The molecule has 0 spiro atoms. The van der Waals surface area contributed by atoms with E-state index >= 15 is 0 Å². The lowest BCUT2D eigenvalue weighted by atomic mass is 9.93. The van der Waals surface area contributed by atoms with E-state index < -0.39 is 0 Å². The van der Waals surface area contributed by atoms with Crippen molar-refractivity contribution in [2.45, 2.75) is 53.1 Å². The molecular weight excluding hydrogens is 455 g/mol. The van der Waals surface area contributed by atoms with Gasteiger partial charge in [-0.15, -0.1) is 24.0 Å². The quantitative estimate of drug-likeness (QED) is 0.350. The van der Waals surface area contributed by atoms with E-state index in [0.29, 0.717) is 24.8 Å². The lowest BCUT2D eigenvalue weighted by Gasteiger charge is -2.34. The Morgan fingerprint density at radius 3 is 2.67 bits per heavy atom. The summed E-state index contributed by atoms with van der Waals surface area (Å²) in [5.74, 6) is 3.15. The number of piperidine rings is 1. The number of carbonyl (C=O) groups excluding carboxylic acids is 1. The monoisotopic (exact) mass is 490 g/mol. The highest BCUT2D eigenvalue weighted by molar-refractivity contribution is 14.0. The van der Waals surface area contributed by atoms with E-state index in [2.05, 4.69) is 45.9 Å². The van der Waals surface area contributed by atoms with E-state index in [4.69, 9.17) is 4.99 Å². The van der Waals surface area contributed by atoms with Crippen LogP contribution in [0.2, 0.25) is 0 Å². The Balaban J connectivity index is 0.00000364. The third kappa shape index (κ3) is 7.67. The van der Waals surface area contributed by atoms with Crippen LogP contribution >= 0.6 is 24.0 Å². The summed E-state index contributed by atoms with van der Waals surface area (Å²) in [5, 5.41) is 6.12. The molecule has 1 saturated heterocycles. The molecule has 0 aromatic carbocycles. The fraction of sp³-hybridized carbons (Fsp3) is 0.737. The fourth-order valence-electron chi connectivity index (χ4n) is 3.34. The molecule has 1 aliphatic rings. The van der Waals surface area contributed by atoms with Crippen molar-refractivity contribution in [1.82, 2.24) is 25.1 Å². The Bertz CT molecular complexity index is 593. The Kier molecular flexibility index (Phi) is 10.7. The summed E-state index contributed by atoms with van der Waals surface area (Å²) in [4.78, 5) is 23.2. The number of hydrogen-bond acceptors (Lipinski definition) is 3. The van der Waals surface area contributed by atoms with Gasteiger partial charge in [0, 0.05) is 52.0 Å². The van der Waals surface area contributed by atoms with Gasteiger partial charge >= 0.3 is 0 Å². The molecule has 154 valence electrons. The maximum Gasteiger partial charge on any atom is 0.220 e. The predicted octanol–water partition coefficient (Wildman–Crippen LogP) is 2.47. The summed E-state index contributed by atoms with van der Waals surface area (Å²) >= 11 is 0. The SMILES string of the molecule is CCNC(=NCc1nccn1CC(C)C)N1CCC(CC(=O)NC)CC1.I. The van der Waals surface area contributed by atoms with Gasteiger partial charge in [0.25, 0.3) is 0 Å². The van der Waals surface area contributed by atoms with Gasteiger partial charge in [0.15, 0.2) is 5.96 Å². The van der Waals surface area contributed by atoms with Crippen LogP contribution < -0.4 is 10.6 Å². The number of nitrogens with zero attached hydrogens (tertiary/aromatic N) is 4. The van der Waals surface area contributed by atoms with Crippen LogP contribution in [0.25, 0.3) is 0 Å². The molecule has 0 atom stereocenters. The minimum Gasteiger partial charge on any atom is -0.359 e. The highest BCUT2D eigenvalue weighted by atomic mass is 127. The van der Waals surface area contributed by atoms with Crippen LogP contribution in [-0.4, -0.2) is 53.0 Å². The zero-order chi connectivity index (χ0) is 18.9. The van der Waals surface area contributed by atoms with Gasteiger partial charge in [-0.2, -0.15) is 0 Å². The van der Waals surface area contributed by atoms with E-state index in [-0.39, 0.29) is 29.9 Å². The first kappa shape index (κ1) is 23.7. The second kappa shape index (κ2) is 12.2. The van der Waals surface area contributed by atoms with Crippen LogP contribution in [0.3, 0.4) is 0 Å². The van der Waals surface area contributed by atoms with Crippen LogP contribution in [0.5, 0.6) is 0 Å². The van der Waals surface area contributed by atoms with Crippen LogP contribution in [-0.2, 0) is 17.9 Å². The number of hydrogen-bond donors (Lipinski definition) is 2. The molecule has 0 bridgehead atoms. The van der Waals surface area contributed by atoms with Gasteiger partial charge in [0.2, 0.25) is 5.91 Å². The Morgan fingerprint density at radius 2 is 2.07 bits per heavy atom. The highest BCUT2D eigenvalue weighted by Crippen LogP contribution is 2.20. The van der Waals surface area contributed by atoms with Crippen molar-refractivity contribution in [3.05, 3.63) is 18.2 Å². The Morgan fingerprint density at radius 1 is 1.37 bits per heavy atom. The molecule has 8 heteroatoms. The molecule has 1 aromatic heterocycles. The highest BCUT2D eigenvalue weighted by Gasteiger charge is 2.23. The average Bonchev–Trinajstić information content (AvgIpc) is 3.05. The molecule has 1 aliphatic heterocycles. The lowest BCUT2D eigenvalue weighted by Crippen LogP contribution is -2.46. The van der Waals surface area contributed by atoms with Crippen molar-refractivity contribution in [3.63, 3.8) is 0 Å². The Labute approximate surface area is 180 Å². The third-order valence-corrected chi connectivity index (χ3v) is 4.74. The molecule has 7 nitrogen and oxygen atoms in total. The number of imidazole rings is 1. The molecule has 2 N–H and O–H groups in total. The standard InChI is InChI=1S/C19H34N6O.HI/c1-5-21-19(23-13-17-22-8-11-25(17)14-15(2)3)24-9-6-16(7-10-24)12-18(26)20-4;/h8,11,15-16H,5-7,9-10,12-14H2,1-4H3,(H,20,26)(H,21,23);1H. The lowest BCUT2D eigenvalue weighted by molar-refractivity contribution is -0.121. The van der Waals surface area contributed by atoms with Crippen LogP contribution in [0, 0.1) is 11.8 Å². The molecule has 2 heterocycles. The van der Waals surface area contributed by atoms with Crippen LogP contribution in [0.15, 0.2) is 17.4 Å². The molecule has 27 heavy (non-hydrogen) atoms. The number of aliphatic imine (C=N–C) groups is 1. The minimum absolute atomic E-state index is 0. The molecule has 1 fully saturated rings. The topological polar surface area (TPSA) is 74.5 Å². The maximum atomic E-state index is 11.6. The van der Waals surface area contributed by atoms with Gasteiger partial charge in [0.1, 0.15) is 12.4 Å². The third-order valence-electron chi connectivity index (χ3n) is 4.74.